The number of para-hydroxylation sites is 4. The summed E-state index contributed by atoms with van der Waals surface area (Å²) in [6.45, 7) is 9.30. The molecule has 0 fully saturated rings. The van der Waals surface area contributed by atoms with Gasteiger partial charge >= 0.3 is 0 Å². The molecule has 2 aliphatic heterocycles. The summed E-state index contributed by atoms with van der Waals surface area (Å²) in [4.78, 5) is 0. The Bertz CT molecular complexity index is 4280. The Hall–Kier alpha value is -8.98. The maximum atomic E-state index is 7.09. The molecule has 1 spiro atoms. The molecule has 0 unspecified atom stereocenters. The molecule has 0 amide bonds. The summed E-state index contributed by atoms with van der Waals surface area (Å²) in [7, 11) is 0. The lowest BCUT2D eigenvalue weighted by Gasteiger charge is -2.35. The van der Waals surface area contributed by atoms with Crippen molar-refractivity contribution in [3.8, 4) is 78.6 Å². The van der Waals surface area contributed by atoms with Gasteiger partial charge in [-0.1, -0.05) is 240 Å². The lowest BCUT2D eigenvalue weighted by atomic mass is 9.70. The Morgan fingerprint density at radius 3 is 1.23 bits per heavy atom. The van der Waals surface area contributed by atoms with Crippen LogP contribution in [-0.2, 0) is 16.2 Å². The minimum atomic E-state index is -0.526. The molecule has 2 aliphatic carbocycles. The van der Waals surface area contributed by atoms with E-state index in [0.717, 1.165) is 56.0 Å². The van der Waals surface area contributed by atoms with Crippen LogP contribution in [0.2, 0.25) is 0 Å². The minimum Gasteiger partial charge on any atom is -0.456 e. The van der Waals surface area contributed by atoms with E-state index < -0.39 is 5.41 Å². The van der Waals surface area contributed by atoms with E-state index >= 15 is 0 Å². The van der Waals surface area contributed by atoms with E-state index in [9.17, 15) is 0 Å². The predicted octanol–water partition coefficient (Wildman–Crippen LogP) is 19.4. The maximum Gasteiger partial charge on any atom is 0.139 e. The van der Waals surface area contributed by atoms with Crippen LogP contribution in [0.25, 0.3) is 88.0 Å². The zero-order valence-electron chi connectivity index (χ0n) is 42.3. The standard InChI is InChI=1S/C73H50O2/c1-71(2)58-33-11-13-38-64(58)74-69-51(28-17-36-62(69)71)45-24-15-26-49-54(45)42-55-46(52-29-18-37-63-70(52)75-65-39-14-12-34-59(65)72(63,3)4)25-16-27-50(55)66(49)53-30-19-35-60-68(53)67-44-21-6-5-20-43(44)40-41-61(67)73(60)56-31-9-7-22-47(56)48-23-8-10-32-57(48)73/h5-42H,1-4H3. The Morgan fingerprint density at radius 1 is 0.253 bits per heavy atom. The molecule has 0 saturated heterocycles. The van der Waals surface area contributed by atoms with Crippen LogP contribution in [0.3, 0.4) is 0 Å². The van der Waals surface area contributed by atoms with E-state index in [1.165, 1.54) is 99.4 Å². The SMILES string of the molecule is CC1(C)c2ccccc2Oc2c(-c3cccc4c(-c5cccc6c5-c5c(ccc7ccccc57)C65c6ccccc6-c6ccccc65)c5cccc(-c6cccc7c6Oc6ccccc6C7(C)C)c5cc34)cccc21. The van der Waals surface area contributed by atoms with Crippen LogP contribution in [-0.4, -0.2) is 0 Å². The topological polar surface area (TPSA) is 18.5 Å². The molecule has 12 aromatic rings. The highest BCUT2D eigenvalue weighted by Crippen LogP contribution is 2.66. The number of rotatable bonds is 3. The lowest BCUT2D eigenvalue weighted by molar-refractivity contribution is 0.419. The lowest BCUT2D eigenvalue weighted by Crippen LogP contribution is -2.25. The number of hydrogen-bond donors (Lipinski definition) is 0. The van der Waals surface area contributed by atoms with Gasteiger partial charge in [0.05, 0.1) is 5.41 Å². The van der Waals surface area contributed by atoms with Gasteiger partial charge in [0.25, 0.3) is 0 Å². The molecule has 16 rings (SSSR count). The molecule has 354 valence electrons. The van der Waals surface area contributed by atoms with E-state index in [1.54, 1.807) is 0 Å². The number of fused-ring (bicyclic) bond motifs is 18. The number of ether oxygens (including phenoxy) is 2. The Kier molecular flexibility index (Phi) is 8.54. The molecule has 0 N–H and O–H groups in total. The Morgan fingerprint density at radius 2 is 0.653 bits per heavy atom. The third kappa shape index (κ3) is 5.48. The average molecular weight is 959 g/mol. The van der Waals surface area contributed by atoms with Gasteiger partial charge in [-0.3, -0.25) is 0 Å². The van der Waals surface area contributed by atoms with Gasteiger partial charge in [0.15, 0.2) is 0 Å². The van der Waals surface area contributed by atoms with Crippen LogP contribution in [0.15, 0.2) is 231 Å². The van der Waals surface area contributed by atoms with Crippen molar-refractivity contribution in [3.63, 3.8) is 0 Å². The van der Waals surface area contributed by atoms with Gasteiger partial charge in [-0.05, 0) is 117 Å². The van der Waals surface area contributed by atoms with Crippen molar-refractivity contribution in [2.75, 3.05) is 0 Å². The minimum absolute atomic E-state index is 0.275. The van der Waals surface area contributed by atoms with Crippen LogP contribution >= 0.6 is 0 Å². The van der Waals surface area contributed by atoms with Crippen molar-refractivity contribution in [2.24, 2.45) is 0 Å². The summed E-state index contributed by atoms with van der Waals surface area (Å²) in [5.41, 5.74) is 21.0. The van der Waals surface area contributed by atoms with Gasteiger partial charge in [-0.15, -0.1) is 0 Å². The smallest absolute Gasteiger partial charge is 0.139 e. The molecular weight excluding hydrogens is 909 g/mol. The number of benzene rings is 12. The van der Waals surface area contributed by atoms with Crippen molar-refractivity contribution >= 4 is 32.3 Å². The van der Waals surface area contributed by atoms with Crippen LogP contribution in [0.5, 0.6) is 23.0 Å². The molecule has 0 saturated carbocycles. The largest absolute Gasteiger partial charge is 0.456 e. The van der Waals surface area contributed by atoms with E-state index in [0.29, 0.717) is 0 Å². The highest BCUT2D eigenvalue weighted by molar-refractivity contribution is 6.22. The average Bonchev–Trinajstić information content (AvgIpc) is 3.99. The summed E-state index contributed by atoms with van der Waals surface area (Å²) in [5.74, 6) is 3.64. The van der Waals surface area contributed by atoms with Crippen LogP contribution in [0.1, 0.15) is 72.2 Å². The van der Waals surface area contributed by atoms with Crippen molar-refractivity contribution < 1.29 is 9.47 Å². The highest BCUT2D eigenvalue weighted by Gasteiger charge is 2.53. The van der Waals surface area contributed by atoms with Gasteiger partial charge in [-0.2, -0.15) is 0 Å². The molecule has 0 radical (unpaired) electrons. The van der Waals surface area contributed by atoms with Gasteiger partial charge in [0.1, 0.15) is 23.0 Å². The Balaban J connectivity index is 1.05. The number of hydrogen-bond acceptors (Lipinski definition) is 2. The summed E-state index contributed by atoms with van der Waals surface area (Å²) < 4.78 is 14.2. The van der Waals surface area contributed by atoms with Gasteiger partial charge in [-0.25, -0.2) is 0 Å². The van der Waals surface area contributed by atoms with E-state index in [-0.39, 0.29) is 10.8 Å². The third-order valence-corrected chi connectivity index (χ3v) is 17.8. The zero-order chi connectivity index (χ0) is 50.0. The highest BCUT2D eigenvalue weighted by atomic mass is 16.5. The fraction of sp³-hybridized carbons (Fsp3) is 0.0959. The van der Waals surface area contributed by atoms with Crippen molar-refractivity contribution in [1.29, 1.82) is 0 Å². The molecule has 0 atom stereocenters. The quantitative estimate of drug-likeness (QED) is 0.164. The normalized spacial score (nSPS) is 15.2. The first-order valence-corrected chi connectivity index (χ1v) is 26.4. The van der Waals surface area contributed by atoms with Crippen molar-refractivity contribution in [2.45, 2.75) is 43.9 Å². The third-order valence-electron chi connectivity index (χ3n) is 17.8. The summed E-state index contributed by atoms with van der Waals surface area (Å²) in [6, 6.07) is 86.0. The monoisotopic (exact) mass is 958 g/mol. The van der Waals surface area contributed by atoms with Crippen molar-refractivity contribution in [1.82, 2.24) is 0 Å². The first kappa shape index (κ1) is 42.5. The first-order chi connectivity index (χ1) is 36.7. The summed E-state index contributed by atoms with van der Waals surface area (Å²) in [6.07, 6.45) is 0. The molecule has 12 aromatic carbocycles. The molecule has 2 heterocycles. The van der Waals surface area contributed by atoms with E-state index in [1.807, 2.05) is 0 Å². The molecular formula is C73H50O2. The fourth-order valence-electron chi connectivity index (χ4n) is 14.4. The molecule has 75 heavy (non-hydrogen) atoms. The van der Waals surface area contributed by atoms with E-state index in [4.69, 9.17) is 9.47 Å². The summed E-state index contributed by atoms with van der Waals surface area (Å²) >= 11 is 0. The van der Waals surface area contributed by atoms with Crippen LogP contribution < -0.4 is 9.47 Å². The van der Waals surface area contributed by atoms with Crippen LogP contribution in [0, 0.1) is 0 Å². The second kappa shape index (κ2) is 15.1. The first-order valence-electron chi connectivity index (χ1n) is 26.4. The van der Waals surface area contributed by atoms with Gasteiger partial charge in [0, 0.05) is 44.2 Å². The van der Waals surface area contributed by atoms with E-state index in [2.05, 4.69) is 258 Å². The molecule has 0 aromatic heterocycles. The Labute approximate surface area is 437 Å². The second-order valence-electron chi connectivity index (χ2n) is 22.1. The zero-order valence-corrected chi connectivity index (χ0v) is 42.3. The van der Waals surface area contributed by atoms with Gasteiger partial charge in [0.2, 0.25) is 0 Å². The van der Waals surface area contributed by atoms with Crippen LogP contribution in [0.4, 0.5) is 0 Å². The second-order valence-corrected chi connectivity index (χ2v) is 22.1. The predicted molar refractivity (Wildman–Crippen MR) is 309 cm³/mol. The molecule has 2 nitrogen and oxygen atoms in total. The molecule has 2 heteroatoms. The van der Waals surface area contributed by atoms with Crippen molar-refractivity contribution in [3.05, 3.63) is 275 Å². The molecule has 4 aliphatic rings. The summed E-state index contributed by atoms with van der Waals surface area (Å²) in [5, 5.41) is 7.21. The van der Waals surface area contributed by atoms with Gasteiger partial charge < -0.3 is 9.47 Å². The maximum absolute atomic E-state index is 7.09. The fourth-order valence-corrected chi connectivity index (χ4v) is 14.4. The molecule has 0 bridgehead atoms.